The van der Waals surface area contributed by atoms with Crippen molar-refractivity contribution < 1.29 is 9.53 Å². The molecule has 6 nitrogen and oxygen atoms in total. The van der Waals surface area contributed by atoms with Gasteiger partial charge < -0.3 is 14.5 Å². The molecule has 1 atom stereocenters. The van der Waals surface area contributed by atoms with E-state index < -0.39 is 6.10 Å². The van der Waals surface area contributed by atoms with Crippen molar-refractivity contribution in [2.75, 3.05) is 31.1 Å². The van der Waals surface area contributed by atoms with Gasteiger partial charge in [-0.15, -0.1) is 0 Å². The lowest BCUT2D eigenvalue weighted by Crippen LogP contribution is -2.52. The molecule has 0 N–H and O–H groups in total. The number of anilines is 1. The molecule has 120 valence electrons. The van der Waals surface area contributed by atoms with Crippen LogP contribution in [0.4, 0.5) is 5.95 Å². The summed E-state index contributed by atoms with van der Waals surface area (Å²) in [5, 5.41) is 0. The summed E-state index contributed by atoms with van der Waals surface area (Å²) in [5.41, 5.74) is 0. The van der Waals surface area contributed by atoms with Crippen LogP contribution in [-0.4, -0.2) is 53.1 Å². The van der Waals surface area contributed by atoms with E-state index >= 15 is 0 Å². The van der Waals surface area contributed by atoms with Crippen molar-refractivity contribution in [3.05, 3.63) is 48.8 Å². The summed E-state index contributed by atoms with van der Waals surface area (Å²) >= 11 is 0. The number of rotatable bonds is 4. The molecule has 1 aliphatic heterocycles. The number of ether oxygens (including phenoxy) is 1. The van der Waals surface area contributed by atoms with Crippen LogP contribution in [0.2, 0.25) is 0 Å². The number of aromatic nitrogens is 2. The molecule has 1 amide bonds. The zero-order valence-corrected chi connectivity index (χ0v) is 13.1. The minimum atomic E-state index is -0.489. The van der Waals surface area contributed by atoms with Gasteiger partial charge in [-0.2, -0.15) is 0 Å². The molecule has 3 rings (SSSR count). The quantitative estimate of drug-likeness (QED) is 0.858. The summed E-state index contributed by atoms with van der Waals surface area (Å²) < 4.78 is 5.71. The van der Waals surface area contributed by atoms with Gasteiger partial charge in [0.15, 0.2) is 6.10 Å². The second-order valence-electron chi connectivity index (χ2n) is 5.43. The fraction of sp³-hybridized carbons (Fsp3) is 0.353. The minimum Gasteiger partial charge on any atom is -0.481 e. The van der Waals surface area contributed by atoms with Crippen molar-refractivity contribution in [3.63, 3.8) is 0 Å². The van der Waals surface area contributed by atoms with Crippen molar-refractivity contribution >= 4 is 11.9 Å². The smallest absolute Gasteiger partial charge is 0.263 e. The molecule has 1 aliphatic rings. The van der Waals surface area contributed by atoms with Crippen LogP contribution >= 0.6 is 0 Å². The van der Waals surface area contributed by atoms with Gasteiger partial charge in [-0.1, -0.05) is 18.2 Å². The molecule has 0 spiro atoms. The molecule has 1 fully saturated rings. The Kier molecular flexibility index (Phi) is 4.71. The van der Waals surface area contributed by atoms with Crippen LogP contribution in [0.15, 0.2) is 48.8 Å². The monoisotopic (exact) mass is 312 g/mol. The molecular weight excluding hydrogens is 292 g/mol. The van der Waals surface area contributed by atoms with Crippen LogP contribution in [-0.2, 0) is 4.79 Å². The normalized spacial score (nSPS) is 16.0. The van der Waals surface area contributed by atoms with E-state index in [-0.39, 0.29) is 5.91 Å². The molecule has 0 bridgehead atoms. The van der Waals surface area contributed by atoms with Crippen molar-refractivity contribution in [1.82, 2.24) is 14.9 Å². The highest BCUT2D eigenvalue weighted by atomic mass is 16.5. The van der Waals surface area contributed by atoms with E-state index in [0.717, 1.165) is 13.1 Å². The lowest BCUT2D eigenvalue weighted by atomic mass is 10.2. The standard InChI is InChI=1S/C17H20N4O2/c1-14(23-15-6-3-2-4-7-15)16(22)20-10-12-21(13-11-20)17-18-8-5-9-19-17/h2-9,14H,10-13H2,1H3/t14-/m0/s1. The van der Waals surface area contributed by atoms with Crippen molar-refractivity contribution in [1.29, 1.82) is 0 Å². The first-order valence-corrected chi connectivity index (χ1v) is 7.76. The summed E-state index contributed by atoms with van der Waals surface area (Å²) in [6.45, 7) is 4.56. The molecular formula is C17H20N4O2. The Balaban J connectivity index is 1.54. The van der Waals surface area contributed by atoms with Gasteiger partial charge in [0.2, 0.25) is 5.95 Å². The SMILES string of the molecule is C[C@H](Oc1ccccc1)C(=O)N1CCN(c2ncccn2)CC1. The lowest BCUT2D eigenvalue weighted by Gasteiger charge is -2.35. The van der Waals surface area contributed by atoms with E-state index in [0.29, 0.717) is 24.8 Å². The molecule has 2 heterocycles. The highest BCUT2D eigenvalue weighted by Crippen LogP contribution is 2.14. The molecule has 1 aromatic heterocycles. The first-order chi connectivity index (χ1) is 11.2. The maximum Gasteiger partial charge on any atom is 0.263 e. The Labute approximate surface area is 135 Å². The van der Waals surface area contributed by atoms with Gasteiger partial charge in [0.05, 0.1) is 0 Å². The first kappa shape index (κ1) is 15.3. The summed E-state index contributed by atoms with van der Waals surface area (Å²) in [7, 11) is 0. The molecule has 0 unspecified atom stereocenters. The van der Waals surface area contributed by atoms with Gasteiger partial charge in [0, 0.05) is 38.6 Å². The Bertz CT molecular complexity index is 628. The third kappa shape index (κ3) is 3.77. The first-order valence-electron chi connectivity index (χ1n) is 7.76. The molecule has 1 saturated heterocycles. The van der Waals surface area contributed by atoms with Crippen LogP contribution in [0.5, 0.6) is 5.75 Å². The van der Waals surface area contributed by atoms with E-state index in [1.807, 2.05) is 35.2 Å². The van der Waals surface area contributed by atoms with E-state index in [9.17, 15) is 4.79 Å². The Morgan fingerprint density at radius 2 is 1.70 bits per heavy atom. The van der Waals surface area contributed by atoms with Crippen LogP contribution in [0.1, 0.15) is 6.92 Å². The third-order valence-electron chi connectivity index (χ3n) is 3.83. The van der Waals surface area contributed by atoms with Gasteiger partial charge in [0.25, 0.3) is 5.91 Å². The average molecular weight is 312 g/mol. The van der Waals surface area contributed by atoms with Gasteiger partial charge in [-0.05, 0) is 25.1 Å². The number of hydrogen-bond acceptors (Lipinski definition) is 5. The van der Waals surface area contributed by atoms with Gasteiger partial charge in [0.1, 0.15) is 5.75 Å². The summed E-state index contributed by atoms with van der Waals surface area (Å²) in [5.74, 6) is 1.44. The minimum absolute atomic E-state index is 0.0162. The highest BCUT2D eigenvalue weighted by molar-refractivity contribution is 5.81. The molecule has 0 saturated carbocycles. The van der Waals surface area contributed by atoms with E-state index in [1.165, 1.54) is 0 Å². The zero-order valence-electron chi connectivity index (χ0n) is 13.1. The van der Waals surface area contributed by atoms with E-state index in [4.69, 9.17) is 4.74 Å². The Morgan fingerprint density at radius 1 is 1.04 bits per heavy atom. The topological polar surface area (TPSA) is 58.6 Å². The van der Waals surface area contributed by atoms with Gasteiger partial charge in [-0.25, -0.2) is 9.97 Å². The highest BCUT2D eigenvalue weighted by Gasteiger charge is 2.26. The number of hydrogen-bond donors (Lipinski definition) is 0. The number of carbonyl (C=O) groups excluding carboxylic acids is 1. The van der Waals surface area contributed by atoms with E-state index in [1.54, 1.807) is 25.4 Å². The van der Waals surface area contributed by atoms with Crippen LogP contribution in [0.25, 0.3) is 0 Å². The maximum absolute atomic E-state index is 12.5. The molecule has 0 aliphatic carbocycles. The molecule has 6 heteroatoms. The van der Waals surface area contributed by atoms with Crippen LogP contribution in [0, 0.1) is 0 Å². The average Bonchev–Trinajstić information content (AvgIpc) is 2.63. The van der Waals surface area contributed by atoms with Crippen molar-refractivity contribution in [2.24, 2.45) is 0 Å². The summed E-state index contributed by atoms with van der Waals surface area (Å²) in [6.07, 6.45) is 2.97. The number of nitrogens with zero attached hydrogens (tertiary/aromatic N) is 4. The van der Waals surface area contributed by atoms with Gasteiger partial charge >= 0.3 is 0 Å². The number of para-hydroxylation sites is 1. The van der Waals surface area contributed by atoms with Crippen molar-refractivity contribution in [2.45, 2.75) is 13.0 Å². The molecule has 0 radical (unpaired) electrons. The largest absolute Gasteiger partial charge is 0.481 e. The maximum atomic E-state index is 12.5. The second kappa shape index (κ2) is 7.09. The Morgan fingerprint density at radius 3 is 2.35 bits per heavy atom. The number of piperazine rings is 1. The lowest BCUT2D eigenvalue weighted by molar-refractivity contribution is -0.138. The fourth-order valence-electron chi connectivity index (χ4n) is 2.59. The molecule has 2 aromatic rings. The second-order valence-corrected chi connectivity index (χ2v) is 5.43. The molecule has 1 aromatic carbocycles. The zero-order chi connectivity index (χ0) is 16.1. The molecule has 23 heavy (non-hydrogen) atoms. The summed E-state index contributed by atoms with van der Waals surface area (Å²) in [6, 6.07) is 11.2. The number of carbonyl (C=O) groups is 1. The third-order valence-corrected chi connectivity index (χ3v) is 3.83. The Hall–Kier alpha value is -2.63. The fourth-order valence-corrected chi connectivity index (χ4v) is 2.59. The predicted molar refractivity (Wildman–Crippen MR) is 87.4 cm³/mol. The van der Waals surface area contributed by atoms with Gasteiger partial charge in [-0.3, -0.25) is 4.79 Å². The number of amides is 1. The predicted octanol–water partition coefficient (Wildman–Crippen LogP) is 1.59. The van der Waals surface area contributed by atoms with Crippen LogP contribution in [0.3, 0.4) is 0 Å². The van der Waals surface area contributed by atoms with Crippen molar-refractivity contribution in [3.8, 4) is 5.75 Å². The number of benzene rings is 1. The van der Waals surface area contributed by atoms with E-state index in [2.05, 4.69) is 14.9 Å². The van der Waals surface area contributed by atoms with Crippen LogP contribution < -0.4 is 9.64 Å². The summed E-state index contributed by atoms with van der Waals surface area (Å²) in [4.78, 5) is 24.9.